The highest BCUT2D eigenvalue weighted by Crippen LogP contribution is 2.34. The fourth-order valence-corrected chi connectivity index (χ4v) is 5.61. The highest BCUT2D eigenvalue weighted by atomic mass is 79.9. The van der Waals surface area contributed by atoms with Crippen LogP contribution in [0.5, 0.6) is 5.75 Å². The van der Waals surface area contributed by atoms with Gasteiger partial charge in [0, 0.05) is 48.4 Å². The minimum Gasteiger partial charge on any atom is -0.492 e. The molecular formula is C25H27BrN4O2S2. The molecule has 0 bridgehead atoms. The first-order chi connectivity index (χ1) is 16.6. The molecule has 0 unspecified atom stereocenters. The molecule has 0 saturated carbocycles. The second-order valence-corrected chi connectivity index (χ2v) is 10.4. The van der Waals surface area contributed by atoms with E-state index in [1.165, 1.54) is 16.2 Å². The third-order valence-electron chi connectivity index (χ3n) is 5.28. The number of hydrogen-bond donors (Lipinski definition) is 3. The molecule has 3 N–H and O–H groups in total. The summed E-state index contributed by atoms with van der Waals surface area (Å²) in [7, 11) is 0. The molecule has 9 heteroatoms. The zero-order valence-corrected chi connectivity index (χ0v) is 22.1. The number of hydrogen-bond acceptors (Lipinski definition) is 7. The number of H-pyrrole nitrogens is 1. The number of aromatic amines is 1. The lowest BCUT2D eigenvalue weighted by Gasteiger charge is -2.16. The predicted octanol–water partition coefficient (Wildman–Crippen LogP) is 5.68. The number of thioether (sulfide) groups is 1. The molecule has 0 fully saturated rings. The first-order valence-corrected chi connectivity index (χ1v) is 14.0. The molecule has 3 aromatic heterocycles. The highest BCUT2D eigenvalue weighted by Gasteiger charge is 2.11. The first-order valence-electron chi connectivity index (χ1n) is 11.1. The molecule has 0 saturated heterocycles. The Balaban J connectivity index is 1.27. The van der Waals surface area contributed by atoms with Crippen LogP contribution in [0, 0.1) is 0 Å². The summed E-state index contributed by atoms with van der Waals surface area (Å²) in [6, 6.07) is 11.9. The van der Waals surface area contributed by atoms with Crippen molar-refractivity contribution in [3.05, 3.63) is 80.0 Å². The van der Waals surface area contributed by atoms with Gasteiger partial charge in [0.1, 0.15) is 11.6 Å². The van der Waals surface area contributed by atoms with E-state index in [0.29, 0.717) is 13.2 Å². The fraction of sp³-hybridized carbons (Fsp3) is 0.280. The smallest absolute Gasteiger partial charge is 0.201 e. The number of halogens is 1. The van der Waals surface area contributed by atoms with E-state index < -0.39 is 0 Å². The Morgan fingerprint density at radius 2 is 2.15 bits per heavy atom. The van der Waals surface area contributed by atoms with Gasteiger partial charge in [-0.1, -0.05) is 6.07 Å². The number of pyridine rings is 2. The van der Waals surface area contributed by atoms with E-state index in [-0.39, 0.29) is 5.43 Å². The average Bonchev–Trinajstić information content (AvgIpc) is 3.32. The molecule has 0 amide bonds. The molecule has 0 atom stereocenters. The monoisotopic (exact) mass is 558 g/mol. The molecule has 34 heavy (non-hydrogen) atoms. The van der Waals surface area contributed by atoms with Gasteiger partial charge in [-0.05, 0) is 70.4 Å². The summed E-state index contributed by atoms with van der Waals surface area (Å²) in [5, 5.41) is 8.77. The summed E-state index contributed by atoms with van der Waals surface area (Å²) in [5.41, 5.74) is 3.23. The standard InChI is InChI=1S/C25H27BrN4O2S2/c1-33-19-12-18(24(20(26)13-19)32-10-5-17-4-2-7-27-15-17)16-28-8-3-9-29-23-14-22(31)25-21(30-23)6-11-34-25/h2,4,6-7,11-15,28H,3,5,8-10,16H2,1H3,(H2,29,30,31). The van der Waals surface area contributed by atoms with Crippen LogP contribution in [0.25, 0.3) is 10.2 Å². The van der Waals surface area contributed by atoms with Crippen molar-refractivity contribution in [1.29, 1.82) is 0 Å². The van der Waals surface area contributed by atoms with Crippen LogP contribution in [0.4, 0.5) is 5.82 Å². The second kappa shape index (κ2) is 12.4. The molecule has 3 heterocycles. The minimum absolute atomic E-state index is 0.0553. The van der Waals surface area contributed by atoms with E-state index in [9.17, 15) is 4.79 Å². The van der Waals surface area contributed by atoms with Crippen LogP contribution in [0.3, 0.4) is 0 Å². The molecule has 1 aromatic carbocycles. The maximum Gasteiger partial charge on any atom is 0.201 e. The summed E-state index contributed by atoms with van der Waals surface area (Å²) in [5.74, 6) is 1.64. The topological polar surface area (TPSA) is 79.0 Å². The Kier molecular flexibility index (Phi) is 9.04. The Hall–Kier alpha value is -2.33. The summed E-state index contributed by atoms with van der Waals surface area (Å²) in [6.45, 7) is 2.91. The van der Waals surface area contributed by atoms with Crippen LogP contribution >= 0.6 is 39.0 Å². The van der Waals surface area contributed by atoms with Crippen molar-refractivity contribution in [1.82, 2.24) is 15.3 Å². The van der Waals surface area contributed by atoms with Crippen LogP contribution < -0.4 is 20.8 Å². The lowest BCUT2D eigenvalue weighted by atomic mass is 10.2. The average molecular weight is 560 g/mol. The number of nitrogens with zero attached hydrogens (tertiary/aromatic N) is 1. The van der Waals surface area contributed by atoms with Crippen molar-refractivity contribution < 1.29 is 4.74 Å². The van der Waals surface area contributed by atoms with Crippen molar-refractivity contribution in [3.8, 4) is 5.75 Å². The normalized spacial score (nSPS) is 11.1. The van der Waals surface area contributed by atoms with Gasteiger partial charge in [-0.2, -0.15) is 0 Å². The van der Waals surface area contributed by atoms with Gasteiger partial charge in [0.15, 0.2) is 0 Å². The largest absolute Gasteiger partial charge is 0.492 e. The number of nitrogens with one attached hydrogen (secondary N) is 3. The number of aromatic nitrogens is 2. The molecule has 4 aromatic rings. The molecule has 0 aliphatic rings. The SMILES string of the molecule is CSc1cc(Br)c(OCCc2cccnc2)c(CNCCCNc2cc(=O)c3sccc3[nH]2)c1. The van der Waals surface area contributed by atoms with Crippen molar-refractivity contribution in [2.24, 2.45) is 0 Å². The Morgan fingerprint density at radius 3 is 2.97 bits per heavy atom. The Morgan fingerprint density at radius 1 is 1.24 bits per heavy atom. The molecule has 6 nitrogen and oxygen atoms in total. The number of anilines is 1. The number of benzene rings is 1. The lowest BCUT2D eigenvalue weighted by molar-refractivity contribution is 0.315. The number of thiophene rings is 1. The molecular weight excluding hydrogens is 532 g/mol. The van der Waals surface area contributed by atoms with Crippen LogP contribution in [-0.4, -0.2) is 35.9 Å². The van der Waals surface area contributed by atoms with E-state index in [4.69, 9.17) is 4.74 Å². The minimum atomic E-state index is 0.0553. The van der Waals surface area contributed by atoms with Crippen LogP contribution in [-0.2, 0) is 13.0 Å². The zero-order valence-electron chi connectivity index (χ0n) is 18.9. The molecule has 0 aliphatic carbocycles. The molecule has 0 spiro atoms. The third-order valence-corrected chi connectivity index (χ3v) is 7.51. The predicted molar refractivity (Wildman–Crippen MR) is 147 cm³/mol. The van der Waals surface area contributed by atoms with Gasteiger partial charge in [-0.15, -0.1) is 23.1 Å². The number of fused-ring (bicyclic) bond motifs is 1. The second-order valence-electron chi connectivity index (χ2n) is 7.72. The lowest BCUT2D eigenvalue weighted by Crippen LogP contribution is -2.19. The zero-order chi connectivity index (χ0) is 23.8. The van der Waals surface area contributed by atoms with E-state index in [2.05, 4.69) is 61.0 Å². The van der Waals surface area contributed by atoms with Crippen molar-refractivity contribution in [2.45, 2.75) is 24.3 Å². The summed E-state index contributed by atoms with van der Waals surface area (Å²) in [6.07, 6.45) is 7.46. The van der Waals surface area contributed by atoms with Crippen molar-refractivity contribution in [2.75, 3.05) is 31.3 Å². The van der Waals surface area contributed by atoms with E-state index in [1.807, 2.05) is 23.7 Å². The molecule has 0 aliphatic heterocycles. The van der Waals surface area contributed by atoms with Gasteiger partial charge in [0.2, 0.25) is 5.43 Å². The van der Waals surface area contributed by atoms with E-state index in [1.54, 1.807) is 24.0 Å². The van der Waals surface area contributed by atoms with Crippen LogP contribution in [0.2, 0.25) is 0 Å². The molecule has 0 radical (unpaired) electrons. The third kappa shape index (κ3) is 6.63. The Bertz CT molecular complexity index is 1280. The maximum absolute atomic E-state index is 12.1. The maximum atomic E-state index is 12.1. The summed E-state index contributed by atoms with van der Waals surface area (Å²) >= 11 is 6.87. The van der Waals surface area contributed by atoms with Crippen LogP contribution in [0.15, 0.2) is 68.3 Å². The number of rotatable bonds is 12. The summed E-state index contributed by atoms with van der Waals surface area (Å²) < 4.78 is 7.92. The van der Waals surface area contributed by atoms with Gasteiger partial charge in [-0.3, -0.25) is 9.78 Å². The molecule has 178 valence electrons. The first kappa shape index (κ1) is 24.8. The van der Waals surface area contributed by atoms with E-state index in [0.717, 1.165) is 63.3 Å². The van der Waals surface area contributed by atoms with Gasteiger partial charge < -0.3 is 20.4 Å². The van der Waals surface area contributed by atoms with E-state index >= 15 is 0 Å². The van der Waals surface area contributed by atoms with Gasteiger partial charge >= 0.3 is 0 Å². The van der Waals surface area contributed by atoms with Gasteiger partial charge in [0.25, 0.3) is 0 Å². The highest BCUT2D eigenvalue weighted by molar-refractivity contribution is 9.10. The number of ether oxygens (including phenoxy) is 1. The Labute approximate surface area is 215 Å². The fourth-order valence-electron chi connectivity index (χ4n) is 3.58. The van der Waals surface area contributed by atoms with Gasteiger partial charge in [-0.25, -0.2) is 0 Å². The van der Waals surface area contributed by atoms with Crippen molar-refractivity contribution >= 4 is 55.1 Å². The van der Waals surface area contributed by atoms with Crippen molar-refractivity contribution in [3.63, 3.8) is 0 Å². The summed E-state index contributed by atoms with van der Waals surface area (Å²) in [4.78, 5) is 20.8. The van der Waals surface area contributed by atoms with Gasteiger partial charge in [0.05, 0.1) is 21.3 Å². The van der Waals surface area contributed by atoms with Crippen LogP contribution in [0.1, 0.15) is 17.5 Å². The quantitative estimate of drug-likeness (QED) is 0.153. The molecule has 4 rings (SSSR count).